The van der Waals surface area contributed by atoms with Gasteiger partial charge in [-0.25, -0.2) is 0 Å². The standard InChI is InChI=1S/C16H24BrN3O/c17-13-11-15(20(12-13)14-5-6-14)16(21)18-7-10-19-8-3-1-2-4-9-19/h11-12,14H,1-10H2,(H,18,21). The number of carbonyl (C=O) groups is 1. The molecular formula is C16H24BrN3O. The summed E-state index contributed by atoms with van der Waals surface area (Å²) in [4.78, 5) is 14.8. The maximum absolute atomic E-state index is 12.3. The van der Waals surface area contributed by atoms with Gasteiger partial charge in [0.15, 0.2) is 0 Å². The predicted octanol–water partition coefficient (Wildman–Crippen LogP) is 3.19. The van der Waals surface area contributed by atoms with Crippen LogP contribution >= 0.6 is 15.9 Å². The third-order valence-electron chi connectivity index (χ3n) is 4.40. The molecule has 0 aromatic carbocycles. The highest BCUT2D eigenvalue weighted by atomic mass is 79.9. The van der Waals surface area contributed by atoms with Gasteiger partial charge >= 0.3 is 0 Å². The first-order valence-electron chi connectivity index (χ1n) is 8.12. The first-order valence-corrected chi connectivity index (χ1v) is 8.91. The lowest BCUT2D eigenvalue weighted by atomic mass is 10.2. The Hall–Kier alpha value is -0.810. The molecule has 2 fully saturated rings. The van der Waals surface area contributed by atoms with Crippen molar-refractivity contribution in [3.8, 4) is 0 Å². The fourth-order valence-electron chi connectivity index (χ4n) is 3.06. The normalized spacial score (nSPS) is 20.2. The molecule has 1 aromatic heterocycles. The van der Waals surface area contributed by atoms with Crippen LogP contribution in [0.25, 0.3) is 0 Å². The van der Waals surface area contributed by atoms with E-state index in [-0.39, 0.29) is 5.91 Å². The lowest BCUT2D eigenvalue weighted by Crippen LogP contribution is -2.36. The van der Waals surface area contributed by atoms with Crippen LogP contribution < -0.4 is 5.32 Å². The van der Waals surface area contributed by atoms with E-state index >= 15 is 0 Å². The van der Waals surface area contributed by atoms with Crippen LogP contribution in [0.15, 0.2) is 16.7 Å². The minimum Gasteiger partial charge on any atom is -0.349 e. The van der Waals surface area contributed by atoms with Crippen molar-refractivity contribution in [1.29, 1.82) is 0 Å². The molecule has 1 saturated carbocycles. The third kappa shape index (κ3) is 4.10. The highest BCUT2D eigenvalue weighted by molar-refractivity contribution is 9.10. The maximum atomic E-state index is 12.3. The Balaban J connectivity index is 1.49. The van der Waals surface area contributed by atoms with Gasteiger partial charge in [-0.15, -0.1) is 0 Å². The van der Waals surface area contributed by atoms with E-state index in [1.165, 1.54) is 51.6 Å². The number of aromatic nitrogens is 1. The fourth-order valence-corrected chi connectivity index (χ4v) is 3.50. The van der Waals surface area contributed by atoms with Crippen molar-refractivity contribution in [3.05, 3.63) is 22.4 Å². The van der Waals surface area contributed by atoms with Crippen LogP contribution in [0.2, 0.25) is 0 Å². The van der Waals surface area contributed by atoms with Gasteiger partial charge in [-0.1, -0.05) is 12.8 Å². The van der Waals surface area contributed by atoms with Crippen molar-refractivity contribution < 1.29 is 4.79 Å². The Labute approximate surface area is 135 Å². The molecule has 1 N–H and O–H groups in total. The summed E-state index contributed by atoms with van der Waals surface area (Å²) >= 11 is 3.48. The van der Waals surface area contributed by atoms with Crippen LogP contribution in [0.5, 0.6) is 0 Å². The smallest absolute Gasteiger partial charge is 0.268 e. The lowest BCUT2D eigenvalue weighted by molar-refractivity contribution is 0.0939. The molecule has 1 aliphatic heterocycles. The Kier molecular flexibility index (Phi) is 5.01. The minimum atomic E-state index is 0.0578. The number of likely N-dealkylation sites (tertiary alicyclic amines) is 1. The quantitative estimate of drug-likeness (QED) is 0.882. The molecule has 0 radical (unpaired) electrons. The number of hydrogen-bond donors (Lipinski definition) is 1. The van der Waals surface area contributed by atoms with Gasteiger partial charge in [0.2, 0.25) is 0 Å². The first-order chi connectivity index (χ1) is 10.2. The highest BCUT2D eigenvalue weighted by Crippen LogP contribution is 2.37. The van der Waals surface area contributed by atoms with E-state index in [0.29, 0.717) is 6.04 Å². The number of rotatable bonds is 5. The molecule has 4 nitrogen and oxygen atoms in total. The molecule has 0 bridgehead atoms. The maximum Gasteiger partial charge on any atom is 0.268 e. The zero-order valence-electron chi connectivity index (χ0n) is 12.5. The van der Waals surface area contributed by atoms with Crippen molar-refractivity contribution in [2.45, 2.75) is 44.6 Å². The number of halogens is 1. The molecule has 2 heterocycles. The zero-order chi connectivity index (χ0) is 14.7. The van der Waals surface area contributed by atoms with Crippen LogP contribution in [0.1, 0.15) is 55.1 Å². The summed E-state index contributed by atoms with van der Waals surface area (Å²) in [7, 11) is 0. The van der Waals surface area contributed by atoms with Gasteiger partial charge in [-0.2, -0.15) is 0 Å². The molecule has 1 aliphatic carbocycles. The van der Waals surface area contributed by atoms with Crippen LogP contribution in [0.3, 0.4) is 0 Å². The molecule has 0 spiro atoms. The molecule has 116 valence electrons. The van der Waals surface area contributed by atoms with Gasteiger partial charge in [0.1, 0.15) is 5.69 Å². The van der Waals surface area contributed by atoms with E-state index in [1.54, 1.807) is 0 Å². The van der Waals surface area contributed by atoms with Crippen molar-refractivity contribution in [2.75, 3.05) is 26.2 Å². The van der Waals surface area contributed by atoms with Crippen molar-refractivity contribution in [3.63, 3.8) is 0 Å². The summed E-state index contributed by atoms with van der Waals surface area (Å²) in [6, 6.07) is 2.46. The van der Waals surface area contributed by atoms with E-state index in [0.717, 1.165) is 23.3 Å². The fraction of sp³-hybridized carbons (Fsp3) is 0.688. The average Bonchev–Trinajstić information content (AvgIpc) is 3.26. The predicted molar refractivity (Wildman–Crippen MR) is 87.6 cm³/mol. The largest absolute Gasteiger partial charge is 0.349 e. The van der Waals surface area contributed by atoms with Crippen LogP contribution in [-0.2, 0) is 0 Å². The second kappa shape index (κ2) is 6.97. The molecule has 1 amide bonds. The second-order valence-electron chi connectivity index (χ2n) is 6.19. The molecule has 2 aliphatic rings. The molecular weight excluding hydrogens is 330 g/mol. The Morgan fingerprint density at radius 1 is 1.24 bits per heavy atom. The lowest BCUT2D eigenvalue weighted by Gasteiger charge is -2.19. The van der Waals surface area contributed by atoms with E-state index in [2.05, 4.69) is 30.7 Å². The molecule has 21 heavy (non-hydrogen) atoms. The first kappa shape index (κ1) is 15.1. The van der Waals surface area contributed by atoms with Crippen LogP contribution in [0, 0.1) is 0 Å². The highest BCUT2D eigenvalue weighted by Gasteiger charge is 2.27. The number of carbonyl (C=O) groups excluding carboxylic acids is 1. The van der Waals surface area contributed by atoms with Gasteiger partial charge in [0.05, 0.1) is 0 Å². The Bertz CT molecular complexity index is 488. The summed E-state index contributed by atoms with van der Waals surface area (Å²) in [6.45, 7) is 4.07. The molecule has 1 aromatic rings. The van der Waals surface area contributed by atoms with Crippen LogP contribution in [-0.4, -0.2) is 41.6 Å². The Morgan fingerprint density at radius 2 is 1.95 bits per heavy atom. The molecule has 0 unspecified atom stereocenters. The average molecular weight is 354 g/mol. The summed E-state index contributed by atoms with van der Waals surface area (Å²) < 4.78 is 3.11. The number of hydrogen-bond acceptors (Lipinski definition) is 2. The van der Waals surface area contributed by atoms with Crippen molar-refractivity contribution >= 4 is 21.8 Å². The van der Waals surface area contributed by atoms with Crippen molar-refractivity contribution in [2.24, 2.45) is 0 Å². The van der Waals surface area contributed by atoms with E-state index < -0.39 is 0 Å². The second-order valence-corrected chi connectivity index (χ2v) is 7.11. The summed E-state index contributed by atoms with van der Waals surface area (Å²) in [6.07, 6.45) is 9.71. The monoisotopic (exact) mass is 353 g/mol. The van der Waals surface area contributed by atoms with Crippen LogP contribution in [0.4, 0.5) is 0 Å². The van der Waals surface area contributed by atoms with E-state index in [1.807, 2.05) is 12.3 Å². The number of nitrogens with one attached hydrogen (secondary N) is 1. The van der Waals surface area contributed by atoms with Gasteiger partial charge in [-0.3, -0.25) is 4.79 Å². The minimum absolute atomic E-state index is 0.0578. The number of nitrogens with zero attached hydrogens (tertiary/aromatic N) is 2. The molecule has 0 atom stereocenters. The Morgan fingerprint density at radius 3 is 2.62 bits per heavy atom. The summed E-state index contributed by atoms with van der Waals surface area (Å²) in [5.41, 5.74) is 0.792. The van der Waals surface area contributed by atoms with E-state index in [9.17, 15) is 4.79 Å². The zero-order valence-corrected chi connectivity index (χ0v) is 14.1. The summed E-state index contributed by atoms with van der Waals surface area (Å²) in [5.74, 6) is 0.0578. The summed E-state index contributed by atoms with van der Waals surface area (Å²) in [5, 5.41) is 3.08. The SMILES string of the molecule is O=C(NCCN1CCCCCC1)c1cc(Br)cn1C1CC1. The van der Waals surface area contributed by atoms with E-state index in [4.69, 9.17) is 0 Å². The molecule has 5 heteroatoms. The van der Waals surface area contributed by atoms with Gasteiger partial charge in [0.25, 0.3) is 5.91 Å². The van der Waals surface area contributed by atoms with Gasteiger partial charge in [-0.05, 0) is 60.8 Å². The molecule has 1 saturated heterocycles. The number of amides is 1. The van der Waals surface area contributed by atoms with Crippen molar-refractivity contribution in [1.82, 2.24) is 14.8 Å². The molecule has 3 rings (SSSR count). The third-order valence-corrected chi connectivity index (χ3v) is 4.83. The van der Waals surface area contributed by atoms with Gasteiger partial charge in [0, 0.05) is 29.8 Å². The van der Waals surface area contributed by atoms with Gasteiger partial charge < -0.3 is 14.8 Å². The topological polar surface area (TPSA) is 37.3 Å².